The van der Waals surface area contributed by atoms with Crippen LogP contribution in [0.3, 0.4) is 0 Å². The fourth-order valence-electron chi connectivity index (χ4n) is 5.73. The molecule has 0 unspecified atom stereocenters. The van der Waals surface area contributed by atoms with Gasteiger partial charge in [0, 0.05) is 37.9 Å². The number of hydrogen-bond acceptors (Lipinski definition) is 6. The largest absolute Gasteiger partial charge is 0.497 e. The van der Waals surface area contributed by atoms with Gasteiger partial charge in [-0.05, 0) is 49.9 Å². The molecule has 0 atom stereocenters. The zero-order valence-electron chi connectivity index (χ0n) is 22.0. The number of hydrogen-bond donors (Lipinski definition) is 1. The summed E-state index contributed by atoms with van der Waals surface area (Å²) in [7, 11) is 3.11. The first-order valence-corrected chi connectivity index (χ1v) is 13.1. The highest BCUT2D eigenvalue weighted by Crippen LogP contribution is 2.40. The van der Waals surface area contributed by atoms with Gasteiger partial charge in [-0.15, -0.1) is 0 Å². The third kappa shape index (κ3) is 4.82. The fraction of sp³-hybridized carbons (Fsp3) is 0.464. The molecule has 0 aromatic heterocycles. The predicted molar refractivity (Wildman–Crippen MR) is 143 cm³/mol. The van der Waals surface area contributed by atoms with Gasteiger partial charge in [0.25, 0.3) is 5.91 Å². The molecule has 1 N–H and O–H groups in total. The van der Waals surface area contributed by atoms with Crippen LogP contribution >= 0.6 is 0 Å². The molecule has 202 valence electrons. The summed E-state index contributed by atoms with van der Waals surface area (Å²) in [5.74, 6) is 1.11. The molecule has 3 aliphatic heterocycles. The highest BCUT2D eigenvalue weighted by Gasteiger charge is 2.54. The molecule has 3 aliphatic rings. The van der Waals surface area contributed by atoms with E-state index < -0.39 is 5.54 Å². The van der Waals surface area contributed by atoms with Gasteiger partial charge in [0.15, 0.2) is 0 Å². The van der Waals surface area contributed by atoms with Gasteiger partial charge in [0.05, 0.1) is 26.6 Å². The van der Waals surface area contributed by atoms with E-state index in [-0.39, 0.29) is 24.4 Å². The van der Waals surface area contributed by atoms with E-state index in [1.54, 1.807) is 42.2 Å². The number of ether oxygens (including phenoxy) is 2. The Hall–Kier alpha value is -3.95. The molecule has 0 radical (unpaired) electrons. The molecule has 2 aromatic rings. The van der Waals surface area contributed by atoms with Crippen molar-refractivity contribution in [2.24, 2.45) is 0 Å². The van der Waals surface area contributed by atoms with Crippen LogP contribution in [0.2, 0.25) is 0 Å². The minimum Gasteiger partial charge on any atom is -0.497 e. The second kappa shape index (κ2) is 10.8. The van der Waals surface area contributed by atoms with Crippen molar-refractivity contribution in [1.82, 2.24) is 14.7 Å². The molecule has 0 saturated carbocycles. The minimum absolute atomic E-state index is 0.00571. The summed E-state index contributed by atoms with van der Waals surface area (Å²) >= 11 is 0. The SMILES string of the molecule is COc1ccc(NC(=O)N2CCC3(CC2)C(=O)N(CC(=O)N2CCCC2)CN3c2ccccc2)c(OC)c1. The van der Waals surface area contributed by atoms with Crippen molar-refractivity contribution in [3.05, 3.63) is 48.5 Å². The number of nitrogens with one attached hydrogen (secondary N) is 1. The Balaban J connectivity index is 1.31. The molecule has 38 heavy (non-hydrogen) atoms. The average Bonchev–Trinajstić information content (AvgIpc) is 3.58. The summed E-state index contributed by atoms with van der Waals surface area (Å²) < 4.78 is 10.6. The zero-order chi connectivity index (χ0) is 26.7. The van der Waals surface area contributed by atoms with E-state index in [0.717, 1.165) is 31.6 Å². The number of likely N-dealkylation sites (tertiary alicyclic amines) is 2. The van der Waals surface area contributed by atoms with E-state index in [1.807, 2.05) is 35.2 Å². The zero-order valence-corrected chi connectivity index (χ0v) is 22.0. The topological polar surface area (TPSA) is 94.7 Å². The second-order valence-electron chi connectivity index (χ2n) is 10.0. The molecule has 5 rings (SSSR count). The number of anilines is 2. The molecule has 10 heteroatoms. The quantitative estimate of drug-likeness (QED) is 0.628. The Morgan fingerprint density at radius 2 is 1.63 bits per heavy atom. The van der Waals surface area contributed by atoms with Crippen molar-refractivity contribution in [3.63, 3.8) is 0 Å². The molecule has 2 aromatic carbocycles. The van der Waals surface area contributed by atoms with Gasteiger partial charge in [-0.25, -0.2) is 4.79 Å². The van der Waals surface area contributed by atoms with Crippen LogP contribution in [0.4, 0.5) is 16.2 Å². The number of carbonyl (C=O) groups excluding carboxylic acids is 3. The number of carbonyl (C=O) groups is 3. The third-order valence-corrected chi connectivity index (χ3v) is 7.89. The number of rotatable bonds is 6. The number of para-hydroxylation sites is 1. The van der Waals surface area contributed by atoms with Gasteiger partial charge in [-0.2, -0.15) is 0 Å². The first kappa shape index (κ1) is 25.7. The lowest BCUT2D eigenvalue weighted by Gasteiger charge is -2.43. The molecule has 0 aliphatic carbocycles. The monoisotopic (exact) mass is 521 g/mol. The Morgan fingerprint density at radius 3 is 2.29 bits per heavy atom. The minimum atomic E-state index is -0.790. The molecule has 3 fully saturated rings. The number of nitrogens with zero attached hydrogens (tertiary/aromatic N) is 4. The third-order valence-electron chi connectivity index (χ3n) is 7.89. The molecular weight excluding hydrogens is 486 g/mol. The van der Waals surface area contributed by atoms with Crippen LogP contribution < -0.4 is 19.7 Å². The lowest BCUT2D eigenvalue weighted by molar-refractivity contribution is -0.140. The van der Waals surface area contributed by atoms with E-state index in [9.17, 15) is 14.4 Å². The number of amides is 4. The smallest absolute Gasteiger partial charge is 0.321 e. The van der Waals surface area contributed by atoms with Gasteiger partial charge in [0.2, 0.25) is 5.91 Å². The second-order valence-corrected chi connectivity index (χ2v) is 10.0. The lowest BCUT2D eigenvalue weighted by atomic mass is 9.85. The number of piperidine rings is 1. The summed E-state index contributed by atoms with van der Waals surface area (Å²) in [6.07, 6.45) is 2.98. The van der Waals surface area contributed by atoms with E-state index in [1.165, 1.54) is 0 Å². The van der Waals surface area contributed by atoms with Gasteiger partial charge >= 0.3 is 6.03 Å². The maximum absolute atomic E-state index is 13.9. The van der Waals surface area contributed by atoms with E-state index in [4.69, 9.17) is 9.47 Å². The van der Waals surface area contributed by atoms with E-state index >= 15 is 0 Å². The van der Waals surface area contributed by atoms with Crippen LogP contribution in [0.25, 0.3) is 0 Å². The summed E-state index contributed by atoms with van der Waals surface area (Å²) in [4.78, 5) is 47.3. The van der Waals surface area contributed by atoms with Crippen LogP contribution in [0.5, 0.6) is 11.5 Å². The first-order valence-electron chi connectivity index (χ1n) is 13.1. The fourth-order valence-corrected chi connectivity index (χ4v) is 5.73. The Kier molecular flexibility index (Phi) is 7.31. The standard InChI is InChI=1S/C28H35N5O5/c1-37-22-10-11-23(24(18-22)38-2)29-27(36)31-16-12-28(13-17-31)26(35)32(19-25(34)30-14-6-7-15-30)20-33(28)21-8-4-3-5-9-21/h3-5,8-11,18H,6-7,12-17,19-20H2,1-2H3,(H,29,36). The molecule has 3 heterocycles. The Labute approximate surface area is 223 Å². The highest BCUT2D eigenvalue weighted by atomic mass is 16.5. The van der Waals surface area contributed by atoms with Crippen LogP contribution in [0, 0.1) is 0 Å². The summed E-state index contributed by atoms with van der Waals surface area (Å²) in [5, 5.41) is 2.93. The highest BCUT2D eigenvalue weighted by molar-refractivity contribution is 5.97. The molecule has 1 spiro atoms. The van der Waals surface area contributed by atoms with Crippen molar-refractivity contribution in [2.45, 2.75) is 31.2 Å². The maximum Gasteiger partial charge on any atom is 0.321 e. The Bertz CT molecular complexity index is 1180. The summed E-state index contributed by atoms with van der Waals surface area (Å²) in [6.45, 7) is 2.79. The van der Waals surface area contributed by atoms with Crippen molar-refractivity contribution in [2.75, 3.05) is 63.8 Å². The van der Waals surface area contributed by atoms with Gasteiger partial charge in [0.1, 0.15) is 23.6 Å². The molecule has 10 nitrogen and oxygen atoms in total. The molecule has 4 amide bonds. The normalized spacial score (nSPS) is 18.7. The predicted octanol–water partition coefficient (Wildman–Crippen LogP) is 3.00. The maximum atomic E-state index is 13.9. The van der Waals surface area contributed by atoms with Crippen LogP contribution in [-0.2, 0) is 9.59 Å². The van der Waals surface area contributed by atoms with Crippen LogP contribution in [0.1, 0.15) is 25.7 Å². The number of urea groups is 1. The summed E-state index contributed by atoms with van der Waals surface area (Å²) in [6, 6.07) is 14.8. The van der Waals surface area contributed by atoms with Gasteiger partial charge in [-0.3, -0.25) is 9.59 Å². The molecule has 3 saturated heterocycles. The molecule has 0 bridgehead atoms. The van der Waals surface area contributed by atoms with Crippen molar-refractivity contribution in [3.8, 4) is 11.5 Å². The number of benzene rings is 2. The van der Waals surface area contributed by atoms with Gasteiger partial charge in [-0.1, -0.05) is 18.2 Å². The number of methoxy groups -OCH3 is 2. The van der Waals surface area contributed by atoms with E-state index in [2.05, 4.69) is 10.2 Å². The van der Waals surface area contributed by atoms with E-state index in [0.29, 0.717) is 49.8 Å². The Morgan fingerprint density at radius 1 is 0.921 bits per heavy atom. The molecular formula is C28H35N5O5. The summed E-state index contributed by atoms with van der Waals surface area (Å²) in [5.41, 5.74) is 0.701. The van der Waals surface area contributed by atoms with Crippen molar-refractivity contribution < 1.29 is 23.9 Å². The van der Waals surface area contributed by atoms with Gasteiger partial charge < -0.3 is 34.4 Å². The van der Waals surface area contributed by atoms with Crippen molar-refractivity contribution in [1.29, 1.82) is 0 Å². The van der Waals surface area contributed by atoms with Crippen molar-refractivity contribution >= 4 is 29.2 Å². The van der Waals surface area contributed by atoms with Crippen LogP contribution in [-0.4, -0.2) is 91.7 Å². The first-order chi connectivity index (χ1) is 18.4. The van der Waals surface area contributed by atoms with Crippen LogP contribution in [0.15, 0.2) is 48.5 Å². The lowest BCUT2D eigenvalue weighted by Crippen LogP contribution is -2.58. The average molecular weight is 522 g/mol.